The maximum Gasteiger partial charge on any atom is 0.221 e. The van der Waals surface area contributed by atoms with Crippen LogP contribution in [0.1, 0.15) is 12.1 Å². The van der Waals surface area contributed by atoms with Gasteiger partial charge in [-0.2, -0.15) is 0 Å². The number of aromatic nitrogens is 2. The summed E-state index contributed by atoms with van der Waals surface area (Å²) in [5.74, 6) is 0.421. The van der Waals surface area contributed by atoms with Gasteiger partial charge in [-0.1, -0.05) is 12.2 Å². The molecule has 1 aromatic rings. The molecule has 0 saturated heterocycles. The van der Waals surface area contributed by atoms with Gasteiger partial charge >= 0.3 is 0 Å². The zero-order valence-corrected chi connectivity index (χ0v) is 11.5. The third kappa shape index (κ3) is 5.58. The van der Waals surface area contributed by atoms with E-state index < -0.39 is 0 Å². The summed E-state index contributed by atoms with van der Waals surface area (Å²) in [4.78, 5) is 19.7. The van der Waals surface area contributed by atoms with Crippen LogP contribution in [-0.4, -0.2) is 47.7 Å². The molecule has 0 aliphatic heterocycles. The number of hydrogen-bond donors (Lipinski definition) is 3. The van der Waals surface area contributed by atoms with E-state index in [0.29, 0.717) is 37.6 Å². The molecule has 1 rings (SSSR count). The largest absolute Gasteiger partial charge is 0.388 e. The number of rotatable bonds is 8. The van der Waals surface area contributed by atoms with Gasteiger partial charge in [0.25, 0.3) is 0 Å². The molecular formula is C11H17N5O2S. The Morgan fingerprint density at radius 3 is 2.84 bits per heavy atom. The van der Waals surface area contributed by atoms with Crippen LogP contribution in [0.25, 0.3) is 0 Å². The topological polar surface area (TPSA) is 102 Å². The fraction of sp³-hybridized carbons (Fsp3) is 0.455. The third-order valence-corrected chi connectivity index (χ3v) is 2.40. The molecule has 8 heteroatoms. The van der Waals surface area contributed by atoms with Gasteiger partial charge in [0.1, 0.15) is 10.7 Å². The maximum atomic E-state index is 11.4. The van der Waals surface area contributed by atoms with Crippen LogP contribution < -0.4 is 16.4 Å². The van der Waals surface area contributed by atoms with Crippen molar-refractivity contribution in [1.29, 1.82) is 0 Å². The number of ether oxygens (including phenoxy) is 1. The molecule has 1 heterocycles. The lowest BCUT2D eigenvalue weighted by Gasteiger charge is -2.09. The van der Waals surface area contributed by atoms with E-state index in [-0.39, 0.29) is 10.9 Å². The molecular weight excluding hydrogens is 266 g/mol. The first-order valence-corrected chi connectivity index (χ1v) is 6.16. The first-order valence-electron chi connectivity index (χ1n) is 5.75. The van der Waals surface area contributed by atoms with Crippen molar-refractivity contribution < 1.29 is 9.53 Å². The molecule has 0 aliphatic carbocycles. The van der Waals surface area contributed by atoms with Gasteiger partial charge in [-0.15, -0.1) is 0 Å². The summed E-state index contributed by atoms with van der Waals surface area (Å²) in [6.45, 7) is 1.42. The molecule has 1 aromatic heterocycles. The van der Waals surface area contributed by atoms with Gasteiger partial charge < -0.3 is 21.1 Å². The predicted molar refractivity (Wildman–Crippen MR) is 75.9 cm³/mol. The van der Waals surface area contributed by atoms with E-state index in [1.165, 1.54) is 12.4 Å². The molecule has 104 valence electrons. The van der Waals surface area contributed by atoms with Gasteiger partial charge in [-0.05, 0) is 0 Å². The summed E-state index contributed by atoms with van der Waals surface area (Å²) >= 11 is 4.86. The van der Waals surface area contributed by atoms with Crippen molar-refractivity contribution in [2.24, 2.45) is 5.73 Å². The molecule has 4 N–H and O–H groups in total. The highest BCUT2D eigenvalue weighted by molar-refractivity contribution is 7.80. The summed E-state index contributed by atoms with van der Waals surface area (Å²) < 4.78 is 4.83. The van der Waals surface area contributed by atoms with Crippen LogP contribution in [-0.2, 0) is 9.53 Å². The van der Waals surface area contributed by atoms with Crippen LogP contribution in [0.5, 0.6) is 0 Å². The molecule has 0 aliphatic rings. The number of nitrogens with one attached hydrogen (secondary N) is 2. The van der Waals surface area contributed by atoms with Gasteiger partial charge in [-0.3, -0.25) is 4.79 Å². The summed E-state index contributed by atoms with van der Waals surface area (Å²) in [6, 6.07) is 0. The lowest BCUT2D eigenvalue weighted by atomic mass is 10.3. The van der Waals surface area contributed by atoms with Crippen LogP contribution in [0.3, 0.4) is 0 Å². The number of methoxy groups -OCH3 is 1. The fourth-order valence-electron chi connectivity index (χ4n) is 1.32. The number of anilines is 1. The van der Waals surface area contributed by atoms with Crippen LogP contribution >= 0.6 is 12.2 Å². The predicted octanol–water partition coefficient (Wildman–Crippen LogP) is -0.325. The van der Waals surface area contributed by atoms with E-state index in [0.717, 1.165) is 0 Å². The third-order valence-electron chi connectivity index (χ3n) is 2.20. The molecule has 0 unspecified atom stereocenters. The molecule has 0 aromatic carbocycles. The van der Waals surface area contributed by atoms with E-state index >= 15 is 0 Å². The van der Waals surface area contributed by atoms with Crippen LogP contribution in [0.15, 0.2) is 12.4 Å². The second-order valence-corrected chi connectivity index (χ2v) is 4.08. The van der Waals surface area contributed by atoms with Gasteiger partial charge in [0, 0.05) is 39.0 Å². The van der Waals surface area contributed by atoms with Crippen LogP contribution in [0.2, 0.25) is 0 Å². The molecule has 0 saturated carbocycles. The number of hydrogen-bond acceptors (Lipinski definition) is 6. The van der Waals surface area contributed by atoms with E-state index in [1.54, 1.807) is 7.11 Å². The van der Waals surface area contributed by atoms with E-state index in [2.05, 4.69) is 20.6 Å². The molecule has 7 nitrogen and oxygen atoms in total. The quantitative estimate of drug-likeness (QED) is 0.443. The Hall–Kier alpha value is -1.80. The molecule has 19 heavy (non-hydrogen) atoms. The number of nitrogens with zero attached hydrogens (tertiary/aromatic N) is 2. The maximum absolute atomic E-state index is 11.4. The van der Waals surface area contributed by atoms with Crippen LogP contribution in [0, 0.1) is 0 Å². The summed E-state index contributed by atoms with van der Waals surface area (Å²) in [7, 11) is 1.58. The van der Waals surface area contributed by atoms with E-state index in [1.807, 2.05) is 0 Å². The SMILES string of the molecule is COCCNC(=O)CCNc1nccnc1C(N)=S. The summed E-state index contributed by atoms with van der Waals surface area (Å²) in [5.41, 5.74) is 5.95. The number of carbonyl (C=O) groups excluding carboxylic acids is 1. The van der Waals surface area contributed by atoms with Gasteiger partial charge in [0.2, 0.25) is 5.91 Å². The lowest BCUT2D eigenvalue weighted by molar-refractivity contribution is -0.121. The first-order chi connectivity index (χ1) is 9.15. The van der Waals surface area contributed by atoms with Crippen molar-refractivity contribution in [1.82, 2.24) is 15.3 Å². The van der Waals surface area contributed by atoms with Gasteiger partial charge in [0.15, 0.2) is 5.82 Å². The minimum Gasteiger partial charge on any atom is -0.388 e. The molecule has 1 amide bonds. The molecule has 0 fully saturated rings. The molecule has 0 bridgehead atoms. The average Bonchev–Trinajstić information content (AvgIpc) is 2.39. The van der Waals surface area contributed by atoms with E-state index in [4.69, 9.17) is 22.7 Å². The standard InChI is InChI=1S/C11H17N5O2S/c1-18-7-6-13-8(17)2-3-15-11-9(10(12)19)14-4-5-16-11/h4-5H,2-3,6-7H2,1H3,(H2,12,19)(H,13,17)(H,15,16). The van der Waals surface area contributed by atoms with E-state index in [9.17, 15) is 4.79 Å². The zero-order valence-electron chi connectivity index (χ0n) is 10.7. The van der Waals surface area contributed by atoms with Crippen molar-refractivity contribution in [2.75, 3.05) is 32.1 Å². The van der Waals surface area contributed by atoms with Crippen LogP contribution in [0.4, 0.5) is 5.82 Å². The lowest BCUT2D eigenvalue weighted by Crippen LogP contribution is -2.28. The number of amides is 1. The second kappa shape index (κ2) is 8.33. The highest BCUT2D eigenvalue weighted by Gasteiger charge is 2.07. The Labute approximate surface area is 116 Å². The van der Waals surface area contributed by atoms with Crippen molar-refractivity contribution in [3.05, 3.63) is 18.1 Å². The minimum atomic E-state index is -0.0645. The summed E-state index contributed by atoms with van der Waals surface area (Å²) in [6.07, 6.45) is 3.36. The summed E-state index contributed by atoms with van der Waals surface area (Å²) in [5, 5.41) is 5.70. The first kappa shape index (κ1) is 15.3. The van der Waals surface area contributed by atoms with Gasteiger partial charge in [-0.25, -0.2) is 9.97 Å². The second-order valence-electron chi connectivity index (χ2n) is 3.64. The Balaban J connectivity index is 2.37. The monoisotopic (exact) mass is 283 g/mol. The zero-order chi connectivity index (χ0) is 14.1. The molecule has 0 radical (unpaired) electrons. The fourth-order valence-corrected chi connectivity index (χ4v) is 1.47. The van der Waals surface area contributed by atoms with Crippen molar-refractivity contribution in [3.8, 4) is 0 Å². The normalized spacial score (nSPS) is 9.95. The average molecular weight is 283 g/mol. The van der Waals surface area contributed by atoms with Crippen molar-refractivity contribution in [3.63, 3.8) is 0 Å². The Bertz CT molecular complexity index is 441. The Morgan fingerprint density at radius 2 is 2.16 bits per heavy atom. The van der Waals surface area contributed by atoms with Crippen molar-refractivity contribution in [2.45, 2.75) is 6.42 Å². The highest BCUT2D eigenvalue weighted by atomic mass is 32.1. The van der Waals surface area contributed by atoms with Crippen molar-refractivity contribution >= 4 is 28.9 Å². The number of thiocarbonyl (C=S) groups is 1. The number of nitrogens with two attached hydrogens (primary N) is 1. The molecule has 0 spiro atoms. The molecule has 0 atom stereocenters. The minimum absolute atomic E-state index is 0.0645. The number of carbonyl (C=O) groups is 1. The van der Waals surface area contributed by atoms with Gasteiger partial charge in [0.05, 0.1) is 6.61 Å². The highest BCUT2D eigenvalue weighted by Crippen LogP contribution is 2.07. The Kier molecular flexibility index (Phi) is 6.69. The Morgan fingerprint density at radius 1 is 1.42 bits per heavy atom. The smallest absolute Gasteiger partial charge is 0.221 e.